The van der Waals surface area contributed by atoms with Crippen molar-refractivity contribution in [1.82, 2.24) is 45.6 Å². The Balaban J connectivity index is 1.12. The van der Waals surface area contributed by atoms with Crippen LogP contribution in [0.5, 0.6) is 0 Å². The van der Waals surface area contributed by atoms with Gasteiger partial charge in [-0.2, -0.15) is 5.21 Å². The number of hydrogen-bond acceptors (Lipinski definition) is 12. The van der Waals surface area contributed by atoms with Crippen molar-refractivity contribution in [3.63, 3.8) is 0 Å². The molecule has 3 amide bonds. The van der Waals surface area contributed by atoms with E-state index < -0.39 is 28.6 Å². The molecule has 47 heavy (non-hydrogen) atoms. The first-order valence-electron chi connectivity index (χ1n) is 14.3. The minimum atomic E-state index is -0.877. The molecule has 8 N–H and O–H groups in total. The summed E-state index contributed by atoms with van der Waals surface area (Å²) >= 11 is 0. The van der Waals surface area contributed by atoms with Crippen LogP contribution in [0.2, 0.25) is 0 Å². The maximum absolute atomic E-state index is 13.7. The first kappa shape index (κ1) is 29.0. The third-order valence-electron chi connectivity index (χ3n) is 7.93. The first-order chi connectivity index (χ1) is 22.7. The normalized spacial score (nSPS) is 13.8. The summed E-state index contributed by atoms with van der Waals surface area (Å²) < 4.78 is 1.31. The van der Waals surface area contributed by atoms with Crippen LogP contribution in [-0.4, -0.2) is 52.7 Å². The van der Waals surface area contributed by atoms with E-state index in [0.29, 0.717) is 29.9 Å². The van der Waals surface area contributed by atoms with Crippen LogP contribution in [0.1, 0.15) is 60.6 Å². The molecule has 1 atom stereocenters. The fraction of sp³-hybridized carbons (Fsp3) is 0.133. The van der Waals surface area contributed by atoms with Gasteiger partial charge in [-0.15, -0.1) is 10.2 Å². The minimum Gasteiger partial charge on any atom is -0.394 e. The quantitative estimate of drug-likeness (QED) is 0.117. The topological polar surface area (TPSA) is 258 Å². The van der Waals surface area contributed by atoms with Crippen molar-refractivity contribution in [2.45, 2.75) is 25.4 Å². The molecule has 3 aromatic heterocycles. The number of fused-ring (bicyclic) bond motifs is 2. The number of aromatic nitrogens is 7. The van der Waals surface area contributed by atoms with Crippen molar-refractivity contribution in [3.05, 3.63) is 109 Å². The fourth-order valence-electron chi connectivity index (χ4n) is 5.57. The number of carbonyl (C=O) groups is 3. The number of aryl methyl sites for hydroxylation is 1. The van der Waals surface area contributed by atoms with Crippen molar-refractivity contribution in [2.75, 3.05) is 11.1 Å². The maximum Gasteiger partial charge on any atom is 0.271 e. The molecule has 6 aromatic rings. The lowest BCUT2D eigenvalue weighted by Gasteiger charge is -2.16. The standard InChI is InChI=1S/C30H24N12O5/c31-21-22(25(44)24(21)43)35-16-3-1-2-13(8-16)11-33-29(46)19-10-20(42-12-34-23(26(32)45)28(42)36-19)30(47)37-18-7-5-14-9-15(4-6-17(14)18)27-38-40-41-39-27/h1-4,6,8-10,12,18,35H,5,7,11,31H2,(H2,32,45)(H,33,46)(H,37,47)(H,38,39,40,41)/t18-/m0/s1. The van der Waals surface area contributed by atoms with Gasteiger partial charge < -0.3 is 27.4 Å². The highest BCUT2D eigenvalue weighted by Crippen LogP contribution is 2.34. The van der Waals surface area contributed by atoms with Gasteiger partial charge in [0.1, 0.15) is 29.1 Å². The summed E-state index contributed by atoms with van der Waals surface area (Å²) in [7, 11) is 0. The van der Waals surface area contributed by atoms with Gasteiger partial charge in [0, 0.05) is 17.8 Å². The number of hydrogen-bond donors (Lipinski definition) is 6. The van der Waals surface area contributed by atoms with Gasteiger partial charge in [-0.25, -0.2) is 9.97 Å². The summed E-state index contributed by atoms with van der Waals surface area (Å²) in [4.78, 5) is 70.6. The van der Waals surface area contributed by atoms with Crippen molar-refractivity contribution in [2.24, 2.45) is 5.73 Å². The summed E-state index contributed by atoms with van der Waals surface area (Å²) in [6.45, 7) is 0.0385. The lowest BCUT2D eigenvalue weighted by molar-refractivity contribution is 0.0928. The number of aromatic amines is 1. The SMILES string of the molecule is NC(=O)c1ncn2c(C(=O)N[C@H]3CCc4cc(-c5nn[nH]n5)ccc43)cc(C(=O)NCc3cccc(Nc4c(N)c(=O)c4=O)c3)nc12. The number of nitrogens with zero attached hydrogens (tertiary/aromatic N) is 6. The van der Waals surface area contributed by atoms with Crippen LogP contribution in [0.15, 0.2) is 64.4 Å². The smallest absolute Gasteiger partial charge is 0.271 e. The number of benzene rings is 2. The molecule has 1 aliphatic rings. The van der Waals surface area contributed by atoms with Crippen molar-refractivity contribution < 1.29 is 14.4 Å². The summed E-state index contributed by atoms with van der Waals surface area (Å²) in [5, 5.41) is 22.6. The molecule has 17 heteroatoms. The predicted octanol–water partition coefficient (Wildman–Crippen LogP) is 0.277. The molecule has 3 heterocycles. The maximum atomic E-state index is 13.7. The molecule has 0 fully saturated rings. The summed E-state index contributed by atoms with van der Waals surface area (Å²) in [5.74, 6) is -1.57. The number of nitrogens with one attached hydrogen (secondary N) is 4. The van der Waals surface area contributed by atoms with E-state index in [1.54, 1.807) is 24.3 Å². The Kier molecular flexibility index (Phi) is 6.96. The zero-order valence-electron chi connectivity index (χ0n) is 24.3. The van der Waals surface area contributed by atoms with E-state index >= 15 is 0 Å². The van der Waals surface area contributed by atoms with Gasteiger partial charge >= 0.3 is 0 Å². The molecule has 234 valence electrons. The van der Waals surface area contributed by atoms with Gasteiger partial charge in [0.05, 0.1) is 6.04 Å². The number of anilines is 3. The molecule has 17 nitrogen and oxygen atoms in total. The number of tetrazole rings is 1. The summed E-state index contributed by atoms with van der Waals surface area (Å²) in [5.41, 5.74) is 13.0. The predicted molar refractivity (Wildman–Crippen MR) is 166 cm³/mol. The first-order valence-corrected chi connectivity index (χ1v) is 14.3. The lowest BCUT2D eigenvalue weighted by Crippen LogP contribution is -2.36. The number of nitrogens with two attached hydrogens (primary N) is 2. The van der Waals surface area contributed by atoms with Gasteiger partial charge in [-0.3, -0.25) is 28.4 Å². The Morgan fingerprint density at radius 1 is 1.04 bits per heavy atom. The van der Waals surface area contributed by atoms with Gasteiger partial charge in [0.25, 0.3) is 28.6 Å². The van der Waals surface area contributed by atoms with E-state index in [1.807, 2.05) is 18.2 Å². The number of carbonyl (C=O) groups excluding carboxylic acids is 3. The number of imidazole rings is 1. The van der Waals surface area contributed by atoms with Crippen molar-refractivity contribution in [3.8, 4) is 11.4 Å². The molecule has 0 radical (unpaired) electrons. The summed E-state index contributed by atoms with van der Waals surface area (Å²) in [6.07, 6.45) is 2.59. The Morgan fingerprint density at radius 3 is 2.66 bits per heavy atom. The van der Waals surface area contributed by atoms with Crippen LogP contribution < -0.4 is 38.3 Å². The third kappa shape index (κ3) is 5.20. The van der Waals surface area contributed by atoms with E-state index in [-0.39, 0.29) is 46.7 Å². The fourth-order valence-corrected chi connectivity index (χ4v) is 5.57. The average Bonchev–Trinajstić information content (AvgIpc) is 3.86. The number of nitrogen functional groups attached to an aromatic ring is 1. The average molecular weight is 633 g/mol. The number of H-pyrrole nitrogens is 1. The second-order valence-electron chi connectivity index (χ2n) is 10.8. The van der Waals surface area contributed by atoms with Crippen molar-refractivity contribution in [1.29, 1.82) is 0 Å². The molecular formula is C30H24N12O5. The molecule has 7 rings (SSSR count). The number of rotatable bonds is 9. The van der Waals surface area contributed by atoms with Crippen LogP contribution in [-0.2, 0) is 13.0 Å². The third-order valence-corrected chi connectivity index (χ3v) is 7.93. The molecular weight excluding hydrogens is 608 g/mol. The van der Waals surface area contributed by atoms with Crippen LogP contribution in [0, 0.1) is 0 Å². The zero-order valence-corrected chi connectivity index (χ0v) is 24.3. The molecule has 0 unspecified atom stereocenters. The summed E-state index contributed by atoms with van der Waals surface area (Å²) in [6, 6.07) is 13.5. The molecule has 1 aliphatic carbocycles. The van der Waals surface area contributed by atoms with Crippen LogP contribution in [0.4, 0.5) is 17.1 Å². The number of amides is 3. The molecule has 0 spiro atoms. The van der Waals surface area contributed by atoms with Gasteiger partial charge in [-0.05, 0) is 59.0 Å². The largest absolute Gasteiger partial charge is 0.394 e. The molecule has 0 saturated heterocycles. The molecule has 3 aromatic carbocycles. The minimum absolute atomic E-state index is 0.0141. The van der Waals surface area contributed by atoms with Gasteiger partial charge in [0.2, 0.25) is 5.82 Å². The molecule has 0 aliphatic heterocycles. The molecule has 0 saturated carbocycles. The Morgan fingerprint density at radius 2 is 1.89 bits per heavy atom. The van der Waals surface area contributed by atoms with Gasteiger partial charge in [-0.1, -0.05) is 24.3 Å². The second-order valence-corrected chi connectivity index (χ2v) is 10.8. The highest BCUT2D eigenvalue weighted by atomic mass is 16.2. The number of primary amides is 1. The zero-order chi connectivity index (χ0) is 32.8. The monoisotopic (exact) mass is 632 g/mol. The van der Waals surface area contributed by atoms with Crippen molar-refractivity contribution >= 4 is 40.4 Å². The Labute approximate surface area is 263 Å². The van der Waals surface area contributed by atoms with Crippen LogP contribution in [0.25, 0.3) is 17.0 Å². The van der Waals surface area contributed by atoms with E-state index in [0.717, 1.165) is 16.7 Å². The highest BCUT2D eigenvalue weighted by molar-refractivity contribution is 6.01. The lowest BCUT2D eigenvalue weighted by atomic mass is 10.0. The highest BCUT2D eigenvalue weighted by Gasteiger charge is 2.28. The van der Waals surface area contributed by atoms with Crippen LogP contribution >= 0.6 is 0 Å². The van der Waals surface area contributed by atoms with E-state index in [2.05, 4.69) is 46.5 Å². The Bertz CT molecular complexity index is 2300. The van der Waals surface area contributed by atoms with Gasteiger partial charge in [0.15, 0.2) is 11.3 Å². The van der Waals surface area contributed by atoms with E-state index in [9.17, 15) is 24.0 Å². The van der Waals surface area contributed by atoms with E-state index in [4.69, 9.17) is 11.5 Å². The molecule has 0 bridgehead atoms. The van der Waals surface area contributed by atoms with E-state index in [1.165, 1.54) is 16.8 Å². The van der Waals surface area contributed by atoms with Crippen LogP contribution in [0.3, 0.4) is 0 Å². The second kappa shape index (κ2) is 11.3. The Hall–Kier alpha value is -6.78.